The van der Waals surface area contributed by atoms with Crippen LogP contribution in [0.15, 0.2) is 85.1 Å². The van der Waals surface area contributed by atoms with Gasteiger partial charge in [-0.2, -0.15) is 13.2 Å². The van der Waals surface area contributed by atoms with Crippen molar-refractivity contribution in [2.24, 2.45) is 5.92 Å². The molecular formula is C46H55F3N6O4. The van der Waals surface area contributed by atoms with E-state index < -0.39 is 23.6 Å². The van der Waals surface area contributed by atoms with Crippen molar-refractivity contribution in [1.82, 2.24) is 20.1 Å². The van der Waals surface area contributed by atoms with Crippen molar-refractivity contribution in [3.05, 3.63) is 113 Å². The summed E-state index contributed by atoms with van der Waals surface area (Å²) in [5, 5.41) is 5.79. The molecule has 2 atom stereocenters. The highest BCUT2D eigenvalue weighted by atomic mass is 19.4. The molecule has 59 heavy (non-hydrogen) atoms. The molecule has 314 valence electrons. The molecule has 1 unspecified atom stereocenters. The number of nitrogens with one attached hydrogen (secondary N) is 2. The summed E-state index contributed by atoms with van der Waals surface area (Å²) in [5.41, 5.74) is 3.07. The van der Waals surface area contributed by atoms with Gasteiger partial charge in [-0.15, -0.1) is 0 Å². The van der Waals surface area contributed by atoms with Crippen LogP contribution in [0.2, 0.25) is 0 Å². The van der Waals surface area contributed by atoms with Crippen LogP contribution in [-0.4, -0.2) is 91.5 Å². The Hall–Kier alpha value is -5.27. The molecular weight excluding hydrogens is 758 g/mol. The Morgan fingerprint density at radius 1 is 0.831 bits per heavy atom. The average Bonchev–Trinajstić information content (AvgIpc) is 3.28. The number of nitrogens with zero attached hydrogens (tertiary/aromatic N) is 4. The van der Waals surface area contributed by atoms with Crippen LogP contribution in [0, 0.1) is 5.92 Å². The second-order valence-electron chi connectivity index (χ2n) is 15.2. The van der Waals surface area contributed by atoms with Gasteiger partial charge < -0.3 is 25.2 Å². The fraction of sp³-hybridized carbons (Fsp3) is 0.435. The van der Waals surface area contributed by atoms with Gasteiger partial charge in [0.25, 0.3) is 17.7 Å². The van der Waals surface area contributed by atoms with Gasteiger partial charge in [-0.25, -0.2) is 0 Å². The summed E-state index contributed by atoms with van der Waals surface area (Å²) in [4.78, 5) is 51.7. The molecule has 13 heteroatoms. The molecule has 0 bridgehead atoms. The number of likely N-dealkylation sites (N-methyl/N-ethyl adjacent to an activating group) is 1. The summed E-state index contributed by atoms with van der Waals surface area (Å²) in [6, 6.07) is 21.0. The van der Waals surface area contributed by atoms with E-state index in [1.165, 1.54) is 44.0 Å². The van der Waals surface area contributed by atoms with Crippen LogP contribution in [-0.2, 0) is 17.5 Å². The first-order valence-electron chi connectivity index (χ1n) is 20.8. The van der Waals surface area contributed by atoms with Crippen molar-refractivity contribution >= 4 is 29.1 Å². The monoisotopic (exact) mass is 812 g/mol. The number of rotatable bonds is 11. The molecule has 3 fully saturated rings. The fourth-order valence-corrected chi connectivity index (χ4v) is 8.26. The lowest BCUT2D eigenvalue weighted by molar-refractivity contribution is -0.137. The van der Waals surface area contributed by atoms with Crippen LogP contribution < -0.4 is 15.5 Å². The highest BCUT2D eigenvalue weighted by molar-refractivity contribution is 6.08. The van der Waals surface area contributed by atoms with Gasteiger partial charge in [-0.05, 0) is 97.8 Å². The Balaban J connectivity index is 0.00000288. The number of morpholine rings is 1. The van der Waals surface area contributed by atoms with Crippen LogP contribution in [0.4, 0.5) is 24.5 Å². The number of fused-ring (bicyclic) bond motifs is 1. The first-order valence-corrected chi connectivity index (χ1v) is 20.8. The summed E-state index contributed by atoms with van der Waals surface area (Å²) in [6.45, 7) is 9.12. The Labute approximate surface area is 345 Å². The van der Waals surface area contributed by atoms with E-state index in [0.717, 1.165) is 56.8 Å². The standard InChI is InChI=1S/C44H49F3N6O4.C2H6/c1-51(19-20-52-21-23-57-24-22-52)43(56)34-10-5-9-32(26-34)42(55)50-38-15-14-36(53-18-6-11-31-8-2-3-13-40(31)53)28-37(38)39-27-33(16-17-48-39)41(54)49-29-30-7-4-12-35(25-30)44(45,46)47;1-2/h4-5,7,9-10,12,14-17,25-28,31,40H,2-3,6,8,11,13,18-24,29H2,1H3,(H,49,54)(H,50,55);1-2H3/t31?,40-;/m0./s1. The predicted octanol–water partition coefficient (Wildman–Crippen LogP) is 8.54. The summed E-state index contributed by atoms with van der Waals surface area (Å²) in [5.74, 6) is -0.436. The molecule has 3 amide bonds. The van der Waals surface area contributed by atoms with Gasteiger partial charge >= 0.3 is 6.18 Å². The maximum absolute atomic E-state index is 13.9. The molecule has 2 aliphatic heterocycles. The number of hydrogen-bond acceptors (Lipinski definition) is 7. The summed E-state index contributed by atoms with van der Waals surface area (Å²) in [6.07, 6.45) is 4.09. The quantitative estimate of drug-likeness (QED) is 0.156. The van der Waals surface area contributed by atoms with Crippen molar-refractivity contribution in [3.8, 4) is 11.3 Å². The molecule has 3 aromatic carbocycles. The predicted molar refractivity (Wildman–Crippen MR) is 225 cm³/mol. The molecule has 2 saturated heterocycles. The van der Waals surface area contributed by atoms with Gasteiger partial charge in [-0.3, -0.25) is 24.3 Å². The number of anilines is 2. The number of piperidine rings is 1. The molecule has 3 aliphatic rings. The van der Waals surface area contributed by atoms with E-state index in [4.69, 9.17) is 4.74 Å². The normalized spacial score (nSPS) is 18.2. The Morgan fingerprint density at radius 3 is 2.36 bits per heavy atom. The van der Waals surface area contributed by atoms with E-state index in [1.54, 1.807) is 48.3 Å². The zero-order valence-electron chi connectivity index (χ0n) is 34.2. The molecule has 1 aromatic heterocycles. The first kappa shape index (κ1) is 43.3. The van der Waals surface area contributed by atoms with E-state index in [-0.39, 0.29) is 18.0 Å². The van der Waals surface area contributed by atoms with E-state index >= 15 is 0 Å². The molecule has 2 N–H and O–H groups in total. The molecule has 7 rings (SSSR count). The number of halogens is 3. The Bertz CT molecular complexity index is 2070. The summed E-state index contributed by atoms with van der Waals surface area (Å²) >= 11 is 0. The second-order valence-corrected chi connectivity index (χ2v) is 15.2. The third-order valence-electron chi connectivity index (χ3n) is 11.4. The van der Waals surface area contributed by atoms with Gasteiger partial charge in [0.1, 0.15) is 0 Å². The number of pyridine rings is 1. The molecule has 1 saturated carbocycles. The van der Waals surface area contributed by atoms with Crippen LogP contribution in [0.5, 0.6) is 0 Å². The van der Waals surface area contributed by atoms with Crippen molar-refractivity contribution in [3.63, 3.8) is 0 Å². The Morgan fingerprint density at radius 2 is 1.56 bits per heavy atom. The average molecular weight is 813 g/mol. The topological polar surface area (TPSA) is 107 Å². The van der Waals surface area contributed by atoms with E-state index in [0.29, 0.717) is 65.4 Å². The number of benzene rings is 3. The SMILES string of the molecule is CC.CN(CCN1CCOCC1)C(=O)c1cccc(C(=O)Nc2ccc(N3CCCC4CCCC[C@@H]43)cc2-c2cc(C(=O)NCc3cccc(C(F)(F)F)c3)ccn2)c1. The zero-order chi connectivity index (χ0) is 41.9. The minimum atomic E-state index is -4.49. The number of ether oxygens (including phenoxy) is 1. The van der Waals surface area contributed by atoms with Crippen LogP contribution in [0.1, 0.15) is 94.6 Å². The number of carbonyl (C=O) groups is 3. The molecule has 10 nitrogen and oxygen atoms in total. The van der Waals surface area contributed by atoms with Gasteiger partial charge in [0.05, 0.1) is 30.2 Å². The molecule has 1 aliphatic carbocycles. The van der Waals surface area contributed by atoms with Gasteiger partial charge in [0.2, 0.25) is 0 Å². The lowest BCUT2D eigenvalue weighted by Crippen LogP contribution is -2.46. The number of aromatic nitrogens is 1. The highest BCUT2D eigenvalue weighted by Gasteiger charge is 2.34. The smallest absolute Gasteiger partial charge is 0.379 e. The van der Waals surface area contributed by atoms with Gasteiger partial charge in [-0.1, -0.05) is 44.9 Å². The minimum absolute atomic E-state index is 0.0973. The van der Waals surface area contributed by atoms with Crippen LogP contribution >= 0.6 is 0 Å². The first-order chi connectivity index (χ1) is 28.5. The van der Waals surface area contributed by atoms with Crippen molar-refractivity contribution in [1.29, 1.82) is 0 Å². The molecule has 3 heterocycles. The van der Waals surface area contributed by atoms with E-state index in [1.807, 2.05) is 32.0 Å². The van der Waals surface area contributed by atoms with E-state index in [2.05, 4.69) is 25.4 Å². The number of amides is 3. The lowest BCUT2D eigenvalue weighted by atomic mass is 9.78. The molecule has 0 spiro atoms. The molecule has 0 radical (unpaired) electrons. The third-order valence-corrected chi connectivity index (χ3v) is 11.4. The third kappa shape index (κ3) is 11.1. The van der Waals surface area contributed by atoms with Crippen molar-refractivity contribution in [2.45, 2.75) is 71.1 Å². The lowest BCUT2D eigenvalue weighted by Gasteiger charge is -2.45. The maximum atomic E-state index is 13.9. The largest absolute Gasteiger partial charge is 0.416 e. The number of alkyl halides is 3. The van der Waals surface area contributed by atoms with Crippen LogP contribution in [0.3, 0.4) is 0 Å². The maximum Gasteiger partial charge on any atom is 0.416 e. The fourth-order valence-electron chi connectivity index (χ4n) is 8.26. The van der Waals surface area contributed by atoms with Gasteiger partial charge in [0.15, 0.2) is 0 Å². The molecule has 4 aromatic rings. The van der Waals surface area contributed by atoms with Crippen molar-refractivity contribution < 1.29 is 32.3 Å². The minimum Gasteiger partial charge on any atom is -0.379 e. The Kier molecular flexibility index (Phi) is 14.8. The second kappa shape index (κ2) is 20.1. The van der Waals surface area contributed by atoms with Gasteiger partial charge in [0, 0.05) is 86.5 Å². The number of carbonyl (C=O) groups excluding carboxylic acids is 3. The van der Waals surface area contributed by atoms with Crippen molar-refractivity contribution in [2.75, 3.05) is 63.2 Å². The van der Waals surface area contributed by atoms with Crippen LogP contribution in [0.25, 0.3) is 11.3 Å². The zero-order valence-corrected chi connectivity index (χ0v) is 34.2. The summed E-state index contributed by atoms with van der Waals surface area (Å²) < 4.78 is 45.3. The number of hydrogen-bond donors (Lipinski definition) is 2. The highest BCUT2D eigenvalue weighted by Crippen LogP contribution is 2.40. The summed E-state index contributed by atoms with van der Waals surface area (Å²) in [7, 11) is 1.76. The van der Waals surface area contributed by atoms with E-state index in [9.17, 15) is 27.6 Å².